The highest BCUT2D eigenvalue weighted by Crippen LogP contribution is 2.25. The lowest BCUT2D eigenvalue weighted by atomic mass is 10.1. The molecule has 112 valence electrons. The van der Waals surface area contributed by atoms with Crippen molar-refractivity contribution < 1.29 is 0 Å². The summed E-state index contributed by atoms with van der Waals surface area (Å²) in [5.41, 5.74) is 12.6. The molecule has 0 aliphatic carbocycles. The maximum atomic E-state index is 6.03. The molecule has 0 bridgehead atoms. The van der Waals surface area contributed by atoms with E-state index in [-0.39, 0.29) is 0 Å². The molecule has 3 aromatic rings. The molecule has 0 amide bonds. The second-order valence-electron chi connectivity index (χ2n) is 4.31. The summed E-state index contributed by atoms with van der Waals surface area (Å²) in [5, 5.41) is 0.686. The van der Waals surface area contributed by atoms with Crippen LogP contribution in [0.3, 0.4) is 0 Å². The fourth-order valence-electron chi connectivity index (χ4n) is 1.69. The quantitative estimate of drug-likeness (QED) is 0.616. The first-order valence-corrected chi connectivity index (χ1v) is 7.59. The first-order valence-electron chi connectivity index (χ1n) is 6.42. The number of halogens is 2. The Morgan fingerprint density at radius 1 is 0.773 bits per heavy atom. The van der Waals surface area contributed by atoms with Gasteiger partial charge in [0.15, 0.2) is 0 Å². The van der Waals surface area contributed by atoms with Gasteiger partial charge in [-0.2, -0.15) is 0 Å². The van der Waals surface area contributed by atoms with Gasteiger partial charge in [0.25, 0.3) is 0 Å². The zero-order valence-corrected chi connectivity index (χ0v) is 13.9. The predicted molar refractivity (Wildman–Crippen MR) is 95.4 cm³/mol. The molecule has 0 saturated carbocycles. The van der Waals surface area contributed by atoms with Crippen LogP contribution in [0.4, 0.5) is 11.6 Å². The topological polar surface area (TPSA) is 77.8 Å². The zero-order chi connectivity index (χ0) is 15.9. The Balaban J connectivity index is 0.000000188. The van der Waals surface area contributed by atoms with E-state index in [0.717, 1.165) is 15.9 Å². The number of rotatable bonds is 1. The largest absolute Gasteiger partial charge is 0.384 e. The molecule has 0 fully saturated rings. The van der Waals surface area contributed by atoms with Gasteiger partial charge in [0.1, 0.15) is 16.2 Å². The summed E-state index contributed by atoms with van der Waals surface area (Å²) in [7, 11) is 0. The monoisotopic (exact) mass is 376 g/mol. The summed E-state index contributed by atoms with van der Waals surface area (Å²) >= 11 is 9.20. The van der Waals surface area contributed by atoms with Crippen molar-refractivity contribution in [3.05, 3.63) is 70.3 Å². The second kappa shape index (κ2) is 7.77. The van der Waals surface area contributed by atoms with Gasteiger partial charge in [-0.3, -0.25) is 0 Å². The minimum atomic E-state index is 0.502. The lowest BCUT2D eigenvalue weighted by Crippen LogP contribution is -1.91. The van der Waals surface area contributed by atoms with Crippen molar-refractivity contribution in [3.8, 4) is 11.3 Å². The molecule has 0 unspecified atom stereocenters. The van der Waals surface area contributed by atoms with E-state index in [4.69, 9.17) is 23.1 Å². The SMILES string of the molecule is Nc1cccc(-c2ccccc2Cl)n1.Nc1cccc(Br)n1. The third-order valence-corrected chi connectivity index (χ3v) is 3.43. The van der Waals surface area contributed by atoms with E-state index in [1.54, 1.807) is 12.1 Å². The van der Waals surface area contributed by atoms with Gasteiger partial charge in [0.05, 0.1) is 5.69 Å². The van der Waals surface area contributed by atoms with Gasteiger partial charge in [-0.1, -0.05) is 41.9 Å². The fourth-order valence-corrected chi connectivity index (χ4v) is 2.28. The summed E-state index contributed by atoms with van der Waals surface area (Å²) in [6, 6.07) is 18.5. The standard InChI is InChI=1S/C11H9ClN2.C5H5BrN2/c12-9-5-2-1-4-8(9)10-6-3-7-11(13)14-10;6-4-2-1-3-5(7)8-4/h1-7H,(H2,13,14);1-3H,(H2,7,8). The number of benzene rings is 1. The lowest BCUT2D eigenvalue weighted by Gasteiger charge is -2.03. The van der Waals surface area contributed by atoms with Gasteiger partial charge in [-0.15, -0.1) is 0 Å². The van der Waals surface area contributed by atoms with Gasteiger partial charge in [-0.05, 0) is 46.3 Å². The summed E-state index contributed by atoms with van der Waals surface area (Å²) < 4.78 is 0.775. The highest BCUT2D eigenvalue weighted by molar-refractivity contribution is 9.10. The van der Waals surface area contributed by atoms with Gasteiger partial charge >= 0.3 is 0 Å². The average Bonchev–Trinajstić information content (AvgIpc) is 2.48. The van der Waals surface area contributed by atoms with E-state index in [0.29, 0.717) is 16.7 Å². The third-order valence-electron chi connectivity index (χ3n) is 2.66. The molecule has 1 aromatic carbocycles. The van der Waals surface area contributed by atoms with Gasteiger partial charge < -0.3 is 11.5 Å². The van der Waals surface area contributed by atoms with Crippen molar-refractivity contribution in [3.63, 3.8) is 0 Å². The zero-order valence-electron chi connectivity index (χ0n) is 11.6. The summed E-state index contributed by atoms with van der Waals surface area (Å²) in [6.45, 7) is 0. The maximum Gasteiger partial charge on any atom is 0.124 e. The maximum absolute atomic E-state index is 6.03. The minimum Gasteiger partial charge on any atom is -0.384 e. The van der Waals surface area contributed by atoms with E-state index in [9.17, 15) is 0 Å². The number of pyridine rings is 2. The Morgan fingerprint density at radius 3 is 1.95 bits per heavy atom. The van der Waals surface area contributed by atoms with Crippen LogP contribution in [0.5, 0.6) is 0 Å². The molecule has 22 heavy (non-hydrogen) atoms. The summed E-state index contributed by atoms with van der Waals surface area (Å²) in [5.74, 6) is 1.04. The third kappa shape index (κ3) is 4.72. The second-order valence-corrected chi connectivity index (χ2v) is 5.53. The molecule has 0 radical (unpaired) electrons. The van der Waals surface area contributed by atoms with Crippen molar-refractivity contribution in [2.75, 3.05) is 11.5 Å². The number of nitrogens with zero attached hydrogens (tertiary/aromatic N) is 2. The number of hydrogen-bond acceptors (Lipinski definition) is 4. The molecule has 0 spiro atoms. The number of anilines is 2. The highest BCUT2D eigenvalue weighted by atomic mass is 79.9. The average molecular weight is 378 g/mol. The van der Waals surface area contributed by atoms with Crippen LogP contribution in [0.2, 0.25) is 5.02 Å². The van der Waals surface area contributed by atoms with Crippen molar-refractivity contribution in [1.29, 1.82) is 0 Å². The van der Waals surface area contributed by atoms with Crippen LogP contribution in [0, 0.1) is 0 Å². The first-order chi connectivity index (χ1) is 10.6. The van der Waals surface area contributed by atoms with Crippen LogP contribution in [0.15, 0.2) is 65.3 Å². The molecule has 2 heterocycles. The van der Waals surface area contributed by atoms with E-state index < -0.39 is 0 Å². The van der Waals surface area contributed by atoms with Crippen LogP contribution in [0.25, 0.3) is 11.3 Å². The normalized spacial score (nSPS) is 9.73. The van der Waals surface area contributed by atoms with Gasteiger partial charge in [0, 0.05) is 10.6 Å². The number of aromatic nitrogens is 2. The first kappa shape index (κ1) is 16.3. The summed E-state index contributed by atoms with van der Waals surface area (Å²) in [6.07, 6.45) is 0. The molecule has 2 aromatic heterocycles. The molecular formula is C16H14BrClN4. The Kier molecular flexibility index (Phi) is 5.75. The highest BCUT2D eigenvalue weighted by Gasteiger charge is 2.03. The van der Waals surface area contributed by atoms with Gasteiger partial charge in [0.2, 0.25) is 0 Å². The smallest absolute Gasteiger partial charge is 0.124 e. The van der Waals surface area contributed by atoms with Crippen molar-refractivity contribution in [2.24, 2.45) is 0 Å². The summed E-state index contributed by atoms with van der Waals surface area (Å²) in [4.78, 5) is 8.07. The van der Waals surface area contributed by atoms with E-state index in [1.165, 1.54) is 0 Å². The van der Waals surface area contributed by atoms with Crippen LogP contribution < -0.4 is 11.5 Å². The van der Waals surface area contributed by atoms with Crippen molar-refractivity contribution >= 4 is 39.2 Å². The molecule has 3 rings (SSSR count). The molecule has 0 saturated heterocycles. The number of nitrogen functional groups attached to an aromatic ring is 2. The minimum absolute atomic E-state index is 0.502. The van der Waals surface area contributed by atoms with E-state index in [2.05, 4.69) is 25.9 Å². The number of hydrogen-bond donors (Lipinski definition) is 2. The van der Waals surface area contributed by atoms with E-state index >= 15 is 0 Å². The molecule has 0 atom stereocenters. The number of nitrogens with two attached hydrogens (primary N) is 2. The van der Waals surface area contributed by atoms with Crippen LogP contribution in [-0.4, -0.2) is 9.97 Å². The Labute approximate surface area is 142 Å². The molecule has 0 aliphatic heterocycles. The molecule has 4 N–H and O–H groups in total. The van der Waals surface area contributed by atoms with Crippen molar-refractivity contribution in [2.45, 2.75) is 0 Å². The Bertz CT molecular complexity index is 747. The predicted octanol–water partition coefficient (Wildman–Crippen LogP) is 4.41. The fraction of sp³-hybridized carbons (Fsp3) is 0. The van der Waals surface area contributed by atoms with Crippen molar-refractivity contribution in [1.82, 2.24) is 9.97 Å². The Hall–Kier alpha value is -2.11. The Morgan fingerprint density at radius 2 is 1.41 bits per heavy atom. The molecule has 0 aliphatic rings. The van der Waals surface area contributed by atoms with E-state index in [1.807, 2.05) is 48.5 Å². The molecular weight excluding hydrogens is 364 g/mol. The lowest BCUT2D eigenvalue weighted by molar-refractivity contribution is 1.29. The van der Waals surface area contributed by atoms with Crippen LogP contribution >= 0.6 is 27.5 Å². The van der Waals surface area contributed by atoms with Gasteiger partial charge in [-0.25, -0.2) is 9.97 Å². The van der Waals surface area contributed by atoms with Crippen LogP contribution in [0.1, 0.15) is 0 Å². The molecule has 4 nitrogen and oxygen atoms in total. The molecule has 6 heteroatoms. The van der Waals surface area contributed by atoms with Crippen LogP contribution in [-0.2, 0) is 0 Å².